The van der Waals surface area contributed by atoms with Gasteiger partial charge in [-0.05, 0) is 49.2 Å². The van der Waals surface area contributed by atoms with E-state index >= 15 is 0 Å². The number of urea groups is 1. The Morgan fingerprint density at radius 1 is 1.17 bits per heavy atom. The molecule has 0 aliphatic rings. The molecule has 0 fully saturated rings. The Morgan fingerprint density at radius 2 is 1.97 bits per heavy atom. The maximum atomic E-state index is 14.5. The third-order valence-corrected chi connectivity index (χ3v) is 4.60. The van der Waals surface area contributed by atoms with E-state index < -0.39 is 11.8 Å². The molecule has 3 aromatic rings. The van der Waals surface area contributed by atoms with E-state index in [1.165, 1.54) is 6.07 Å². The number of anilines is 1. The number of nitrogens with one attached hydrogen (secondary N) is 3. The lowest BCUT2D eigenvalue weighted by Gasteiger charge is -2.13. The lowest BCUT2D eigenvalue weighted by atomic mass is 10.1. The molecule has 1 heterocycles. The van der Waals surface area contributed by atoms with Gasteiger partial charge in [-0.2, -0.15) is 0 Å². The van der Waals surface area contributed by atoms with Crippen molar-refractivity contribution in [1.82, 2.24) is 20.2 Å². The van der Waals surface area contributed by atoms with Gasteiger partial charge in [-0.25, -0.2) is 14.2 Å². The van der Waals surface area contributed by atoms with Gasteiger partial charge >= 0.3 is 6.03 Å². The number of imidazole rings is 1. The second kappa shape index (κ2) is 8.55. The van der Waals surface area contributed by atoms with Gasteiger partial charge in [0.05, 0.1) is 5.69 Å². The number of amides is 3. The minimum atomic E-state index is -0.447. The van der Waals surface area contributed by atoms with Crippen LogP contribution in [0.2, 0.25) is 0 Å². The predicted octanol–water partition coefficient (Wildman–Crippen LogP) is 3.31. The van der Waals surface area contributed by atoms with Crippen molar-refractivity contribution in [2.45, 2.75) is 20.4 Å². The summed E-state index contributed by atoms with van der Waals surface area (Å²) in [7, 11) is 1.55. The first-order valence-electron chi connectivity index (χ1n) is 9.06. The normalized spacial score (nSPS) is 10.5. The number of benzene rings is 2. The minimum absolute atomic E-state index is 0.153. The van der Waals surface area contributed by atoms with Gasteiger partial charge in [-0.3, -0.25) is 4.79 Å². The standard InChI is InChI=1S/C21H22FN5O2/c1-13-16(20(28)23-3)5-4-6-18(13)26-21(29)25-12-15-7-8-19(17(22)11-15)27-10-9-24-14(27)2/h4-11H,12H2,1-3H3,(H,23,28)(H2,25,26,29). The summed E-state index contributed by atoms with van der Waals surface area (Å²) in [6, 6.07) is 9.42. The average molecular weight is 395 g/mol. The van der Waals surface area contributed by atoms with Crippen LogP contribution in [0.15, 0.2) is 48.8 Å². The van der Waals surface area contributed by atoms with E-state index in [-0.39, 0.29) is 12.5 Å². The van der Waals surface area contributed by atoms with Gasteiger partial charge in [0.25, 0.3) is 5.91 Å². The van der Waals surface area contributed by atoms with Crippen molar-refractivity contribution < 1.29 is 14.0 Å². The van der Waals surface area contributed by atoms with Crippen LogP contribution in [0, 0.1) is 19.7 Å². The fraction of sp³-hybridized carbons (Fsp3) is 0.190. The number of hydrogen-bond donors (Lipinski definition) is 3. The third-order valence-electron chi connectivity index (χ3n) is 4.60. The summed E-state index contributed by atoms with van der Waals surface area (Å²) in [5.74, 6) is 0.0543. The zero-order valence-electron chi connectivity index (χ0n) is 16.4. The predicted molar refractivity (Wildman–Crippen MR) is 109 cm³/mol. The number of nitrogens with zero attached hydrogens (tertiary/aromatic N) is 2. The Kier molecular flexibility index (Phi) is 5.92. The fourth-order valence-electron chi connectivity index (χ4n) is 2.99. The smallest absolute Gasteiger partial charge is 0.319 e. The molecule has 3 N–H and O–H groups in total. The van der Waals surface area contributed by atoms with Crippen LogP contribution >= 0.6 is 0 Å². The molecule has 0 aliphatic carbocycles. The summed E-state index contributed by atoms with van der Waals surface area (Å²) in [6.07, 6.45) is 3.30. The highest BCUT2D eigenvalue weighted by Gasteiger charge is 2.12. The zero-order valence-corrected chi connectivity index (χ0v) is 16.4. The van der Waals surface area contributed by atoms with Crippen molar-refractivity contribution in [1.29, 1.82) is 0 Å². The lowest BCUT2D eigenvalue weighted by molar-refractivity contribution is 0.0962. The van der Waals surface area contributed by atoms with Crippen LogP contribution in [0.4, 0.5) is 14.9 Å². The highest BCUT2D eigenvalue weighted by Crippen LogP contribution is 2.19. The number of rotatable bonds is 5. The first kappa shape index (κ1) is 20.1. The molecule has 1 aromatic heterocycles. The largest absolute Gasteiger partial charge is 0.355 e. The van der Waals surface area contributed by atoms with Crippen molar-refractivity contribution >= 4 is 17.6 Å². The number of halogens is 1. The van der Waals surface area contributed by atoms with Crippen molar-refractivity contribution in [3.8, 4) is 5.69 Å². The Hall–Kier alpha value is -3.68. The topological polar surface area (TPSA) is 88.0 Å². The molecular formula is C21H22FN5O2. The molecule has 7 nitrogen and oxygen atoms in total. The molecular weight excluding hydrogens is 373 g/mol. The van der Waals surface area contributed by atoms with E-state index in [0.29, 0.717) is 33.9 Å². The number of carbonyl (C=O) groups excluding carboxylic acids is 2. The molecule has 0 aliphatic heterocycles. The first-order chi connectivity index (χ1) is 13.9. The second-order valence-electron chi connectivity index (χ2n) is 6.50. The molecule has 0 saturated carbocycles. The van der Waals surface area contributed by atoms with Crippen molar-refractivity contribution in [2.24, 2.45) is 0 Å². The highest BCUT2D eigenvalue weighted by molar-refractivity contribution is 5.98. The molecule has 3 rings (SSSR count). The lowest BCUT2D eigenvalue weighted by Crippen LogP contribution is -2.29. The molecule has 8 heteroatoms. The zero-order chi connectivity index (χ0) is 21.0. The summed E-state index contributed by atoms with van der Waals surface area (Å²) >= 11 is 0. The minimum Gasteiger partial charge on any atom is -0.355 e. The maximum Gasteiger partial charge on any atom is 0.319 e. The fourth-order valence-corrected chi connectivity index (χ4v) is 2.99. The van der Waals surface area contributed by atoms with E-state index in [1.54, 1.807) is 68.2 Å². The third kappa shape index (κ3) is 4.43. The number of hydrogen-bond acceptors (Lipinski definition) is 3. The van der Waals surface area contributed by atoms with Gasteiger partial charge < -0.3 is 20.5 Å². The summed E-state index contributed by atoms with van der Waals surface area (Å²) < 4.78 is 16.1. The molecule has 150 valence electrons. The van der Waals surface area contributed by atoms with Gasteiger partial charge in [-0.15, -0.1) is 0 Å². The summed E-state index contributed by atoms with van der Waals surface area (Å²) in [5.41, 5.74) is 2.69. The average Bonchev–Trinajstić information content (AvgIpc) is 3.13. The van der Waals surface area contributed by atoms with Crippen molar-refractivity contribution in [2.75, 3.05) is 12.4 Å². The SMILES string of the molecule is CNC(=O)c1cccc(NC(=O)NCc2ccc(-n3ccnc3C)c(F)c2)c1C. The second-order valence-corrected chi connectivity index (χ2v) is 6.50. The van der Waals surface area contributed by atoms with E-state index in [1.807, 2.05) is 0 Å². The van der Waals surface area contributed by atoms with Gasteiger partial charge in [0.15, 0.2) is 0 Å². The first-order valence-corrected chi connectivity index (χ1v) is 9.06. The summed E-state index contributed by atoms with van der Waals surface area (Å²) in [4.78, 5) is 28.2. The van der Waals surface area contributed by atoms with Gasteiger partial charge in [-0.1, -0.05) is 12.1 Å². The van der Waals surface area contributed by atoms with Crippen LogP contribution in [0.25, 0.3) is 5.69 Å². The van der Waals surface area contributed by atoms with Crippen molar-refractivity contribution in [3.05, 3.63) is 77.1 Å². The number of aryl methyl sites for hydroxylation is 1. The van der Waals surface area contributed by atoms with Crippen LogP contribution < -0.4 is 16.0 Å². The molecule has 2 aromatic carbocycles. The molecule has 3 amide bonds. The molecule has 0 atom stereocenters. The van der Waals surface area contributed by atoms with E-state index in [9.17, 15) is 14.0 Å². The Bertz CT molecular complexity index is 1060. The molecule has 0 radical (unpaired) electrons. The van der Waals surface area contributed by atoms with Crippen LogP contribution in [0.1, 0.15) is 27.3 Å². The van der Waals surface area contributed by atoms with Gasteiger partial charge in [0, 0.05) is 37.2 Å². The van der Waals surface area contributed by atoms with Gasteiger partial charge in [0.2, 0.25) is 0 Å². The highest BCUT2D eigenvalue weighted by atomic mass is 19.1. The molecule has 0 unspecified atom stereocenters. The van der Waals surface area contributed by atoms with Gasteiger partial charge in [0.1, 0.15) is 11.6 Å². The number of carbonyl (C=O) groups is 2. The molecule has 29 heavy (non-hydrogen) atoms. The summed E-state index contributed by atoms with van der Waals surface area (Å²) in [6.45, 7) is 3.70. The van der Waals surface area contributed by atoms with E-state index in [2.05, 4.69) is 20.9 Å². The monoisotopic (exact) mass is 395 g/mol. The number of aromatic nitrogens is 2. The summed E-state index contributed by atoms with van der Waals surface area (Å²) in [5, 5.41) is 7.98. The molecule has 0 bridgehead atoms. The quantitative estimate of drug-likeness (QED) is 0.619. The van der Waals surface area contributed by atoms with E-state index in [0.717, 1.165) is 0 Å². The Labute approximate surface area is 168 Å². The van der Waals surface area contributed by atoms with Crippen LogP contribution in [-0.2, 0) is 6.54 Å². The van der Waals surface area contributed by atoms with Crippen LogP contribution in [0.3, 0.4) is 0 Å². The van der Waals surface area contributed by atoms with Crippen LogP contribution in [-0.4, -0.2) is 28.5 Å². The Morgan fingerprint density at radius 3 is 2.62 bits per heavy atom. The molecule has 0 spiro atoms. The van der Waals surface area contributed by atoms with Crippen LogP contribution in [0.5, 0.6) is 0 Å². The Balaban J connectivity index is 1.65. The molecule has 0 saturated heterocycles. The van der Waals surface area contributed by atoms with Crippen molar-refractivity contribution in [3.63, 3.8) is 0 Å². The van der Waals surface area contributed by atoms with E-state index in [4.69, 9.17) is 0 Å². The maximum absolute atomic E-state index is 14.5.